The van der Waals surface area contributed by atoms with Gasteiger partial charge >= 0.3 is 0 Å². The van der Waals surface area contributed by atoms with Crippen molar-refractivity contribution in [1.82, 2.24) is 9.80 Å². The van der Waals surface area contributed by atoms with Crippen LogP contribution in [0, 0.1) is 17.0 Å². The maximum Gasteiger partial charge on any atom is 0.269 e. The lowest BCUT2D eigenvalue weighted by Gasteiger charge is -2.39. The summed E-state index contributed by atoms with van der Waals surface area (Å²) >= 11 is 0. The fourth-order valence-corrected chi connectivity index (χ4v) is 3.76. The first kappa shape index (κ1) is 23.2. The minimum atomic E-state index is -0.410. The fraction of sp³-hybridized carbons (Fsp3) is 0.391. The summed E-state index contributed by atoms with van der Waals surface area (Å²) in [6, 6.07) is 13.7. The minimum Gasteiger partial charge on any atom is -0.369 e. The number of anilines is 2. The topological polar surface area (TPSA) is 99.0 Å². The maximum atomic E-state index is 12.9. The van der Waals surface area contributed by atoms with Crippen LogP contribution in [0.25, 0.3) is 0 Å². The molecule has 0 aromatic heterocycles. The van der Waals surface area contributed by atoms with Crippen LogP contribution < -0.4 is 10.2 Å². The number of nitrogens with zero attached hydrogens (tertiary/aromatic N) is 4. The molecule has 0 radical (unpaired) electrons. The van der Waals surface area contributed by atoms with Gasteiger partial charge in [0.1, 0.15) is 0 Å². The summed E-state index contributed by atoms with van der Waals surface area (Å²) in [5, 5.41) is 13.6. The van der Waals surface area contributed by atoms with Crippen LogP contribution in [0.1, 0.15) is 12.5 Å². The molecule has 9 nitrogen and oxygen atoms in total. The van der Waals surface area contributed by atoms with E-state index in [4.69, 9.17) is 0 Å². The van der Waals surface area contributed by atoms with Crippen LogP contribution in [0.3, 0.4) is 0 Å². The molecule has 0 spiro atoms. The number of likely N-dealkylation sites (N-methyl/N-ethyl adjacent to an activating group) is 1. The Kier molecular flexibility index (Phi) is 7.42. The van der Waals surface area contributed by atoms with Crippen molar-refractivity contribution in [3.05, 3.63) is 64.2 Å². The van der Waals surface area contributed by atoms with Crippen molar-refractivity contribution in [3.63, 3.8) is 0 Å². The number of nitrogens with one attached hydrogen (secondary N) is 1. The average molecular weight is 440 g/mol. The third kappa shape index (κ3) is 5.82. The summed E-state index contributed by atoms with van der Waals surface area (Å²) in [6.45, 7) is 6.63. The van der Waals surface area contributed by atoms with Gasteiger partial charge < -0.3 is 15.1 Å². The summed E-state index contributed by atoms with van der Waals surface area (Å²) in [5.74, 6) is -0.340. The zero-order valence-corrected chi connectivity index (χ0v) is 18.7. The number of rotatable bonds is 7. The van der Waals surface area contributed by atoms with Gasteiger partial charge in [-0.1, -0.05) is 17.7 Å². The van der Waals surface area contributed by atoms with Gasteiger partial charge in [0.05, 0.1) is 17.5 Å². The summed E-state index contributed by atoms with van der Waals surface area (Å²) in [4.78, 5) is 41.3. The number of piperazine rings is 1. The predicted octanol–water partition coefficient (Wildman–Crippen LogP) is 2.51. The quantitative estimate of drug-likeness (QED) is 0.526. The van der Waals surface area contributed by atoms with E-state index in [0.717, 1.165) is 11.3 Å². The van der Waals surface area contributed by atoms with E-state index < -0.39 is 4.92 Å². The molecule has 0 saturated carbocycles. The van der Waals surface area contributed by atoms with Gasteiger partial charge in [-0.15, -0.1) is 0 Å². The molecule has 1 aliphatic heterocycles. The highest BCUT2D eigenvalue weighted by Gasteiger charge is 2.28. The lowest BCUT2D eigenvalue weighted by Crippen LogP contribution is -2.54. The van der Waals surface area contributed by atoms with Gasteiger partial charge in [-0.05, 0) is 38.1 Å². The van der Waals surface area contributed by atoms with Crippen molar-refractivity contribution >= 4 is 28.9 Å². The number of nitro benzene ring substituents is 1. The monoisotopic (exact) mass is 439 g/mol. The molecule has 3 rings (SSSR count). The molecule has 1 fully saturated rings. The van der Waals surface area contributed by atoms with Crippen molar-refractivity contribution in [1.29, 1.82) is 0 Å². The van der Waals surface area contributed by atoms with Crippen molar-refractivity contribution in [2.75, 3.05) is 50.0 Å². The van der Waals surface area contributed by atoms with Crippen molar-refractivity contribution in [2.24, 2.45) is 0 Å². The smallest absolute Gasteiger partial charge is 0.269 e. The second kappa shape index (κ2) is 10.2. The minimum absolute atomic E-state index is 0.0141. The van der Waals surface area contributed by atoms with E-state index in [0.29, 0.717) is 31.9 Å². The van der Waals surface area contributed by atoms with Crippen LogP contribution in [-0.2, 0) is 9.59 Å². The van der Waals surface area contributed by atoms with Crippen LogP contribution in [0.5, 0.6) is 0 Å². The number of carbonyl (C=O) groups is 2. The number of non-ortho nitro benzene ring substituents is 1. The summed E-state index contributed by atoms with van der Waals surface area (Å²) < 4.78 is 0. The van der Waals surface area contributed by atoms with Gasteiger partial charge in [0.25, 0.3) is 5.69 Å². The zero-order chi connectivity index (χ0) is 23.3. The van der Waals surface area contributed by atoms with Gasteiger partial charge in [0.2, 0.25) is 11.8 Å². The molecule has 1 heterocycles. The largest absolute Gasteiger partial charge is 0.369 e. The first-order valence-electron chi connectivity index (χ1n) is 10.6. The molecule has 2 aromatic carbocycles. The Hall–Kier alpha value is -3.46. The average Bonchev–Trinajstić information content (AvgIpc) is 2.79. The van der Waals surface area contributed by atoms with E-state index in [1.807, 2.05) is 38.1 Å². The molecule has 9 heteroatoms. The van der Waals surface area contributed by atoms with Crippen LogP contribution in [-0.4, -0.2) is 72.4 Å². The van der Waals surface area contributed by atoms with Crippen molar-refractivity contribution in [2.45, 2.75) is 19.9 Å². The van der Waals surface area contributed by atoms with E-state index in [9.17, 15) is 19.7 Å². The molecule has 1 saturated heterocycles. The van der Waals surface area contributed by atoms with Gasteiger partial charge in [0.15, 0.2) is 0 Å². The number of carbonyl (C=O) groups excluding carboxylic acids is 2. The highest BCUT2D eigenvalue weighted by atomic mass is 16.6. The molecule has 0 bridgehead atoms. The summed E-state index contributed by atoms with van der Waals surface area (Å²) in [5.41, 5.74) is 2.81. The standard InChI is InChI=1S/C23H29N5O4/c1-17-4-6-19(7-5-17)24-22(29)16-25(3)23(30)18(2)26-12-14-27(15-13-26)20-8-10-21(11-9-20)28(31)32/h4-11,18H,12-16H2,1-3H3,(H,24,29)/t18-/m1/s1. The molecule has 2 amide bonds. The van der Waals surface area contributed by atoms with E-state index >= 15 is 0 Å². The van der Waals surface area contributed by atoms with E-state index in [1.165, 1.54) is 17.0 Å². The number of hydrogen-bond acceptors (Lipinski definition) is 6. The third-order valence-electron chi connectivity index (χ3n) is 5.74. The predicted molar refractivity (Wildman–Crippen MR) is 124 cm³/mol. The van der Waals surface area contributed by atoms with Gasteiger partial charge in [-0.3, -0.25) is 24.6 Å². The second-order valence-electron chi connectivity index (χ2n) is 8.08. The first-order chi connectivity index (χ1) is 15.2. The SMILES string of the molecule is Cc1ccc(NC(=O)CN(C)C(=O)[C@@H](C)N2CCN(c3ccc([N+](=O)[O-])cc3)CC2)cc1. The number of amides is 2. The molecular weight excluding hydrogens is 410 g/mol. The Balaban J connectivity index is 1.48. The van der Waals surface area contributed by atoms with Gasteiger partial charge in [0, 0.05) is 56.7 Å². The highest BCUT2D eigenvalue weighted by Crippen LogP contribution is 2.21. The molecule has 1 atom stereocenters. The molecule has 1 N–H and O–H groups in total. The lowest BCUT2D eigenvalue weighted by molar-refractivity contribution is -0.384. The first-order valence-corrected chi connectivity index (χ1v) is 10.6. The summed E-state index contributed by atoms with van der Waals surface area (Å²) in [7, 11) is 1.64. The van der Waals surface area contributed by atoms with E-state index in [-0.39, 0.29) is 30.1 Å². The lowest BCUT2D eigenvalue weighted by atomic mass is 10.2. The van der Waals surface area contributed by atoms with Crippen molar-refractivity contribution in [3.8, 4) is 0 Å². The molecular formula is C23H29N5O4. The van der Waals surface area contributed by atoms with Crippen LogP contribution in [0.15, 0.2) is 48.5 Å². The molecule has 1 aliphatic rings. The van der Waals surface area contributed by atoms with Crippen LogP contribution in [0.4, 0.5) is 17.1 Å². The third-order valence-corrected chi connectivity index (χ3v) is 5.74. The number of aryl methyl sites for hydroxylation is 1. The van der Waals surface area contributed by atoms with Gasteiger partial charge in [-0.25, -0.2) is 0 Å². The Bertz CT molecular complexity index is 953. The molecule has 2 aromatic rings. The van der Waals surface area contributed by atoms with E-state index in [1.54, 1.807) is 19.2 Å². The molecule has 170 valence electrons. The molecule has 32 heavy (non-hydrogen) atoms. The zero-order valence-electron chi connectivity index (χ0n) is 18.7. The highest BCUT2D eigenvalue weighted by molar-refractivity contribution is 5.95. The van der Waals surface area contributed by atoms with Crippen LogP contribution >= 0.6 is 0 Å². The summed E-state index contributed by atoms with van der Waals surface area (Å²) in [6.07, 6.45) is 0. The Morgan fingerprint density at radius 1 is 1.06 bits per heavy atom. The molecule has 0 aliphatic carbocycles. The second-order valence-corrected chi connectivity index (χ2v) is 8.08. The van der Waals surface area contributed by atoms with Crippen LogP contribution in [0.2, 0.25) is 0 Å². The Morgan fingerprint density at radius 2 is 1.66 bits per heavy atom. The van der Waals surface area contributed by atoms with Gasteiger partial charge in [-0.2, -0.15) is 0 Å². The normalized spacial score (nSPS) is 15.2. The fourth-order valence-electron chi connectivity index (χ4n) is 3.76. The van der Waals surface area contributed by atoms with Crippen molar-refractivity contribution < 1.29 is 14.5 Å². The maximum absolute atomic E-state index is 12.9. The van der Waals surface area contributed by atoms with E-state index in [2.05, 4.69) is 15.1 Å². The Labute approximate surface area is 187 Å². The number of hydrogen-bond donors (Lipinski definition) is 1. The number of nitro groups is 1. The Morgan fingerprint density at radius 3 is 2.22 bits per heavy atom. The number of benzene rings is 2. The molecule has 0 unspecified atom stereocenters.